The lowest BCUT2D eigenvalue weighted by Crippen LogP contribution is -2.76. The summed E-state index contributed by atoms with van der Waals surface area (Å²) in [6.45, 7) is 3.30. The van der Waals surface area contributed by atoms with E-state index in [1.165, 1.54) is 25.7 Å². The minimum Gasteiger partial charge on any atom is -0.477 e. The number of hydrogen-bond acceptors (Lipinski definition) is 12. The van der Waals surface area contributed by atoms with E-state index < -0.39 is 52.3 Å². The van der Waals surface area contributed by atoms with Crippen molar-refractivity contribution in [3.05, 3.63) is 94.1 Å². The van der Waals surface area contributed by atoms with Crippen molar-refractivity contribution < 1.29 is 48.7 Å². The number of fused-ring (bicyclic) bond motifs is 1. The Morgan fingerprint density at radius 3 is 2.08 bits per heavy atom. The molecule has 338 valence electrons. The Kier molecular flexibility index (Phi) is 8.83. The van der Waals surface area contributed by atoms with E-state index in [2.05, 4.69) is 9.80 Å². The first-order valence-corrected chi connectivity index (χ1v) is 24.2. The molecule has 10 aliphatic rings. The van der Waals surface area contributed by atoms with Gasteiger partial charge in [0.15, 0.2) is 29.2 Å². The Bertz CT molecular complexity index is 2680. The zero-order chi connectivity index (χ0) is 44.2. The Balaban J connectivity index is 0.762. The number of hydrogen-bond donors (Lipinski definition) is 3. The molecule has 0 radical (unpaired) electrons. The minimum absolute atomic E-state index is 0.0203. The van der Waals surface area contributed by atoms with Crippen LogP contribution in [0.2, 0.25) is 0 Å². The molecule has 9 atom stereocenters. The molecule has 4 saturated carbocycles. The molecule has 2 saturated heterocycles. The second-order valence-electron chi connectivity index (χ2n) is 21.3. The number of piperidine rings is 2. The summed E-state index contributed by atoms with van der Waals surface area (Å²) in [5.74, 6) is 0.591. The van der Waals surface area contributed by atoms with Gasteiger partial charge in [-0.25, -0.2) is 0 Å². The van der Waals surface area contributed by atoms with Gasteiger partial charge in [-0.05, 0) is 140 Å². The van der Waals surface area contributed by atoms with E-state index >= 15 is 0 Å². The molecule has 65 heavy (non-hydrogen) atoms. The third-order valence-electron chi connectivity index (χ3n) is 18.0. The molecule has 3 N–H and O–H groups in total. The maximum atomic E-state index is 14.1. The number of nitrogens with zero attached hydrogens (tertiary/aromatic N) is 2. The van der Waals surface area contributed by atoms with Gasteiger partial charge in [0.05, 0.1) is 34.9 Å². The Hall–Kier alpha value is -4.72. The number of benzene rings is 3. The van der Waals surface area contributed by atoms with Crippen LogP contribution in [0.1, 0.15) is 92.9 Å². The van der Waals surface area contributed by atoms with Gasteiger partial charge in [-0.2, -0.15) is 0 Å². The molecule has 1 unspecified atom stereocenters. The quantitative estimate of drug-likeness (QED) is 0.189. The second-order valence-corrected chi connectivity index (χ2v) is 21.3. The van der Waals surface area contributed by atoms with Gasteiger partial charge in [0.2, 0.25) is 0 Å². The first-order valence-electron chi connectivity index (χ1n) is 24.2. The van der Waals surface area contributed by atoms with Gasteiger partial charge in [-0.3, -0.25) is 29.0 Å². The molecule has 13 rings (SSSR count). The van der Waals surface area contributed by atoms with Crippen LogP contribution in [0.3, 0.4) is 0 Å². The van der Waals surface area contributed by atoms with Crippen molar-refractivity contribution in [2.45, 2.75) is 137 Å². The predicted molar refractivity (Wildman–Crippen MR) is 236 cm³/mol. The lowest BCUT2D eigenvalue weighted by Gasteiger charge is -2.65. The highest BCUT2D eigenvalue weighted by Gasteiger charge is 2.74. The van der Waals surface area contributed by atoms with Gasteiger partial charge >= 0.3 is 11.9 Å². The molecule has 3 heterocycles. The average Bonchev–Trinajstić information content (AvgIpc) is 4.21. The highest BCUT2D eigenvalue weighted by Crippen LogP contribution is 2.66. The van der Waals surface area contributed by atoms with Gasteiger partial charge in [0.1, 0.15) is 12.2 Å². The highest BCUT2D eigenvalue weighted by atomic mass is 16.6. The van der Waals surface area contributed by atoms with E-state index in [0.717, 1.165) is 47.1 Å². The van der Waals surface area contributed by atoms with Gasteiger partial charge in [0, 0.05) is 43.6 Å². The molecule has 3 aromatic carbocycles. The van der Waals surface area contributed by atoms with Gasteiger partial charge in [0.25, 0.3) is 0 Å². The number of ketones is 2. The van der Waals surface area contributed by atoms with Crippen molar-refractivity contribution in [3.63, 3.8) is 0 Å². The fourth-order valence-electron chi connectivity index (χ4n) is 14.8. The van der Waals surface area contributed by atoms with E-state index in [1.807, 2.05) is 54.6 Å². The SMILES string of the molecule is O=C(Cc1cccc2cccc(CC(=O)OC3C=CC4=C3[C@]35CCN(CC6CC6)[C@H](C4)[C@]3(O)CCC(=O)[C@@H]5O)c12)Oc1ccc2c3c1O[C@H]1C(=O)CC[C@@]4(O)[C@@H](C2)N(CC2CC2)CC[C@]314. The van der Waals surface area contributed by atoms with Crippen molar-refractivity contribution in [2.75, 3.05) is 26.2 Å². The number of aliphatic hydroxyl groups is 3. The molecule has 1 spiro atoms. The van der Waals surface area contributed by atoms with Gasteiger partial charge in [-0.15, -0.1) is 0 Å². The second kappa shape index (κ2) is 14.2. The number of carbonyl (C=O) groups is 4. The van der Waals surface area contributed by atoms with Crippen LogP contribution >= 0.6 is 0 Å². The average molecular weight is 881 g/mol. The lowest BCUT2D eigenvalue weighted by atomic mass is 9.48. The summed E-state index contributed by atoms with van der Waals surface area (Å²) in [6.07, 6.45) is 8.55. The van der Waals surface area contributed by atoms with Crippen molar-refractivity contribution in [1.82, 2.24) is 9.80 Å². The summed E-state index contributed by atoms with van der Waals surface area (Å²) in [5, 5.41) is 38.8. The van der Waals surface area contributed by atoms with Crippen molar-refractivity contribution in [3.8, 4) is 11.5 Å². The minimum atomic E-state index is -1.39. The summed E-state index contributed by atoms with van der Waals surface area (Å²) in [7, 11) is 0. The van der Waals surface area contributed by atoms with Crippen molar-refractivity contribution >= 4 is 34.3 Å². The normalized spacial score (nSPS) is 36.6. The van der Waals surface area contributed by atoms with E-state index in [-0.39, 0.29) is 61.5 Å². The van der Waals surface area contributed by atoms with Crippen LogP contribution in [0.25, 0.3) is 10.8 Å². The van der Waals surface area contributed by atoms with E-state index in [1.54, 1.807) is 6.07 Å². The zero-order valence-corrected chi connectivity index (χ0v) is 36.6. The van der Waals surface area contributed by atoms with E-state index in [9.17, 15) is 34.5 Å². The molecule has 3 aromatic rings. The zero-order valence-electron chi connectivity index (χ0n) is 36.6. The summed E-state index contributed by atoms with van der Waals surface area (Å²) >= 11 is 0. The Morgan fingerprint density at radius 2 is 1.38 bits per heavy atom. The van der Waals surface area contributed by atoms with Crippen molar-refractivity contribution in [2.24, 2.45) is 17.3 Å². The van der Waals surface area contributed by atoms with Crippen LogP contribution < -0.4 is 9.47 Å². The number of carbonyl (C=O) groups excluding carboxylic acids is 4. The first-order chi connectivity index (χ1) is 31.4. The molecule has 3 aliphatic heterocycles. The van der Waals surface area contributed by atoms with Crippen LogP contribution in [0, 0.1) is 17.3 Å². The molecule has 12 heteroatoms. The summed E-state index contributed by atoms with van der Waals surface area (Å²) in [4.78, 5) is 60.0. The number of likely N-dealkylation sites (tertiary alicyclic amines) is 2. The smallest absolute Gasteiger partial charge is 0.315 e. The maximum Gasteiger partial charge on any atom is 0.315 e. The monoisotopic (exact) mass is 880 g/mol. The third-order valence-corrected chi connectivity index (χ3v) is 18.0. The number of esters is 2. The Morgan fingerprint density at radius 1 is 0.754 bits per heavy atom. The van der Waals surface area contributed by atoms with Crippen LogP contribution in [-0.4, -0.2) is 116 Å². The molecular weight excluding hydrogens is 825 g/mol. The molecular formula is C53H56N2O10. The topological polar surface area (TPSA) is 163 Å². The summed E-state index contributed by atoms with van der Waals surface area (Å²) in [6, 6.07) is 14.8. The van der Waals surface area contributed by atoms with Crippen LogP contribution in [0.4, 0.5) is 0 Å². The fourth-order valence-corrected chi connectivity index (χ4v) is 14.8. The summed E-state index contributed by atoms with van der Waals surface area (Å²) < 4.78 is 19.0. The number of Topliss-reactive ketones (excluding diaryl/α,β-unsaturated/α-hetero) is 2. The van der Waals surface area contributed by atoms with Crippen LogP contribution in [-0.2, 0) is 48.6 Å². The molecule has 4 bridgehead atoms. The largest absolute Gasteiger partial charge is 0.477 e. The number of ether oxygens (including phenoxy) is 3. The van der Waals surface area contributed by atoms with Crippen molar-refractivity contribution in [1.29, 1.82) is 0 Å². The molecule has 12 nitrogen and oxygen atoms in total. The highest BCUT2D eigenvalue weighted by molar-refractivity contribution is 5.95. The predicted octanol–water partition coefficient (Wildman–Crippen LogP) is 4.77. The fraction of sp³-hybridized carbons (Fsp3) is 0.547. The first kappa shape index (κ1) is 40.5. The summed E-state index contributed by atoms with van der Waals surface area (Å²) in [5.41, 5.74) is 0.226. The number of aliphatic hydroxyl groups excluding tert-OH is 1. The van der Waals surface area contributed by atoms with E-state index in [4.69, 9.17) is 14.2 Å². The van der Waals surface area contributed by atoms with Crippen LogP contribution in [0.15, 0.2) is 71.8 Å². The molecule has 6 fully saturated rings. The molecule has 0 amide bonds. The lowest BCUT2D eigenvalue weighted by molar-refractivity contribution is -0.222. The van der Waals surface area contributed by atoms with E-state index in [0.29, 0.717) is 72.9 Å². The standard InChI is InChI=1S/C53H56N2O10/c56-36-15-17-52(61)40-23-34-11-13-38(45(34)50(52,48(36)60)19-21-54(40)27-29-7-8-29)63-42(58)25-32-5-1-3-31-4-2-6-33(44(31)32)26-43(59)64-39-14-12-35-24-41-53(62)18-16-37(57)49-51(53,46(35)47(39)65-49)20-22-55(41)28-30-9-10-30/h1-6,11-14,29-30,38,40-41,48-49,60-62H,7-10,15-28H2/t38?,40-,41-,48+,49+,50+,51+,52-,53-/m1/s1. The molecule has 7 aliphatic carbocycles. The maximum absolute atomic E-state index is 14.1. The molecule has 0 aromatic heterocycles. The Labute approximate surface area is 377 Å². The number of allylic oxidation sites excluding steroid dienone is 1. The number of rotatable bonds is 10. The van der Waals surface area contributed by atoms with Gasteiger partial charge in [-0.1, -0.05) is 48.5 Å². The van der Waals surface area contributed by atoms with Crippen LogP contribution in [0.5, 0.6) is 11.5 Å². The van der Waals surface area contributed by atoms with Gasteiger partial charge < -0.3 is 29.5 Å². The third kappa shape index (κ3) is 5.67.